The van der Waals surface area contributed by atoms with Crippen LogP contribution in [-0.2, 0) is 19.0 Å². The summed E-state index contributed by atoms with van der Waals surface area (Å²) in [5.74, 6) is 3.83. The van der Waals surface area contributed by atoms with Crippen LogP contribution in [0.25, 0.3) is 32.3 Å². The number of ketones is 1. The maximum absolute atomic E-state index is 12.4. The molecule has 9 nitrogen and oxygen atoms in total. The van der Waals surface area contributed by atoms with Gasteiger partial charge in [0.15, 0.2) is 0 Å². The summed E-state index contributed by atoms with van der Waals surface area (Å²) < 4.78 is 21.8. The normalized spacial score (nSPS) is 41.7. The number of benzene rings is 3. The van der Waals surface area contributed by atoms with Crippen molar-refractivity contribution in [2.45, 2.75) is 238 Å². The summed E-state index contributed by atoms with van der Waals surface area (Å²) in [5.41, 5.74) is 13.6. The van der Waals surface area contributed by atoms with E-state index in [1.54, 1.807) is 11.1 Å². The molecule has 490 valence electrons. The number of carbonyl (C=O) groups is 1. The van der Waals surface area contributed by atoms with Crippen LogP contribution in [0.15, 0.2) is 180 Å². The summed E-state index contributed by atoms with van der Waals surface area (Å²) in [6, 6.07) is 28.6. The van der Waals surface area contributed by atoms with Gasteiger partial charge in [-0.3, -0.25) is 19.7 Å². The third-order valence-electron chi connectivity index (χ3n) is 29.9. The highest BCUT2D eigenvalue weighted by atomic mass is 16.5. The smallest absolute Gasteiger partial charge is 0.136 e. The Morgan fingerprint density at radius 3 is 1.17 bits per heavy atom. The van der Waals surface area contributed by atoms with E-state index >= 15 is 0 Å². The van der Waals surface area contributed by atoms with Crippen LogP contribution in [0.2, 0.25) is 0 Å². The van der Waals surface area contributed by atoms with Crippen LogP contribution in [0.3, 0.4) is 0 Å². The molecule has 15 aliphatic rings. The van der Waals surface area contributed by atoms with E-state index in [4.69, 9.17) is 14.2 Å². The molecule has 6 spiro atoms. The molecule has 6 bridgehead atoms. The fraction of sp³-hybridized carbons (Fsp3) is 0.535. The first-order valence-corrected chi connectivity index (χ1v) is 37.4. The highest BCUT2D eigenvalue weighted by molar-refractivity contribution is 5.85. The highest BCUT2D eigenvalue weighted by Gasteiger charge is 2.70. The zero-order valence-corrected chi connectivity index (χ0v) is 56.9. The molecule has 0 amide bonds. The van der Waals surface area contributed by atoms with Gasteiger partial charge in [-0.15, -0.1) is 0 Å². The van der Waals surface area contributed by atoms with E-state index in [2.05, 4.69) is 170 Å². The fourth-order valence-electron chi connectivity index (χ4n) is 25.1. The molecule has 3 aromatic heterocycles. The Morgan fingerprint density at radius 2 is 0.779 bits per heavy atom. The second-order valence-corrected chi connectivity index (χ2v) is 33.7. The number of nitrogens with zero attached hydrogens (tertiary/aromatic N) is 3. The third kappa shape index (κ3) is 8.62. The van der Waals surface area contributed by atoms with Crippen molar-refractivity contribution >= 4 is 38.1 Å². The Kier molecular flexibility index (Phi) is 13.5. The van der Waals surface area contributed by atoms with Gasteiger partial charge < -0.3 is 24.8 Å². The predicted molar refractivity (Wildman–Crippen MR) is 378 cm³/mol. The number of ether oxygens (including phenoxy) is 3. The van der Waals surface area contributed by atoms with Crippen molar-refractivity contribution in [1.82, 2.24) is 25.6 Å². The summed E-state index contributed by atoms with van der Waals surface area (Å²) in [7, 11) is 4.24. The molecule has 2 N–H and O–H groups in total. The minimum atomic E-state index is -0.294. The number of rotatable bonds is 5. The lowest BCUT2D eigenvalue weighted by Crippen LogP contribution is -2.54. The van der Waals surface area contributed by atoms with Crippen LogP contribution in [-0.4, -0.2) is 80.5 Å². The summed E-state index contributed by atoms with van der Waals surface area (Å²) >= 11 is 0. The van der Waals surface area contributed by atoms with Crippen molar-refractivity contribution in [2.24, 2.45) is 34.0 Å². The Labute approximate surface area is 562 Å². The van der Waals surface area contributed by atoms with Crippen LogP contribution in [0, 0.1) is 34.0 Å². The molecule has 17 atom stereocenters. The van der Waals surface area contributed by atoms with Crippen LogP contribution in [0.5, 0.6) is 0 Å². The number of allylic oxidation sites excluding steroid dienone is 3. The van der Waals surface area contributed by atoms with Crippen molar-refractivity contribution in [3.05, 3.63) is 197 Å². The van der Waals surface area contributed by atoms with E-state index in [9.17, 15) is 4.79 Å². The molecule has 21 rings (SSSR count). The molecule has 9 heterocycles. The molecule has 3 saturated heterocycles. The van der Waals surface area contributed by atoms with Crippen molar-refractivity contribution in [3.8, 4) is 0 Å². The van der Waals surface area contributed by atoms with Crippen LogP contribution in [0.1, 0.15) is 209 Å². The summed E-state index contributed by atoms with van der Waals surface area (Å²) in [4.78, 5) is 25.5. The first-order valence-electron chi connectivity index (χ1n) is 37.4. The second-order valence-electron chi connectivity index (χ2n) is 33.7. The van der Waals surface area contributed by atoms with Gasteiger partial charge in [0, 0.05) is 78.3 Å². The van der Waals surface area contributed by atoms with Crippen molar-refractivity contribution in [1.29, 1.82) is 0 Å². The van der Waals surface area contributed by atoms with Gasteiger partial charge in [-0.25, -0.2) is 0 Å². The maximum atomic E-state index is 12.4. The van der Waals surface area contributed by atoms with Crippen molar-refractivity contribution < 1.29 is 19.0 Å². The number of hydrogen-bond acceptors (Lipinski definition) is 9. The molecule has 6 unspecified atom stereocenters. The van der Waals surface area contributed by atoms with Gasteiger partial charge in [-0.1, -0.05) is 93.6 Å². The number of fused-ring (bicyclic) bond motifs is 6. The molecule has 9 heteroatoms. The number of Topliss-reactive ketones (excluding diaryl/α,β-unsaturated/α-hetero) is 1. The first kappa shape index (κ1) is 60.0. The molecule has 0 radical (unpaired) electrons. The standard InChI is InChI=1S/2C29H34N2O.C28H29NO2/c2*1-27-11-9-23-16-22-5-6-24(30-2)17-28(22)12-13-29(23,32-28)26(27)8-7-25(27)20-4-3-19-10-14-31-18-21(19)15-20;1-26-10-8-22-15-21-4-5-23(30)16-27(21)11-12-28(22,31-27)25(26)7-6-24(26)19-3-2-18-9-13-29-17-20(18)14-19/h2*3-4,9-10,14-16,18,24-26,30H,5-8,11-13,17H2,1-2H3;2-3,8-9,13-15,17,24-25H,4-7,10-12,16H2,1H3/t24-,25?,26+,27+,28+,29?;24-,25?,26-,27-,28-,29?;24?,25-,26-,27-,28?/m011/s1. The molecule has 9 fully saturated rings. The predicted octanol–water partition coefficient (Wildman–Crippen LogP) is 18.2. The van der Waals surface area contributed by atoms with Gasteiger partial charge in [-0.2, -0.15) is 0 Å². The molecule has 9 aliphatic carbocycles. The van der Waals surface area contributed by atoms with E-state index in [1.807, 2.05) is 37.2 Å². The minimum absolute atomic E-state index is 0.00573. The zero-order valence-electron chi connectivity index (χ0n) is 56.9. The topological polar surface area (TPSA) is 107 Å². The lowest BCUT2D eigenvalue weighted by molar-refractivity contribution is -0.146. The highest BCUT2D eigenvalue weighted by Crippen LogP contribution is 2.73. The third-order valence-corrected chi connectivity index (χ3v) is 29.9. The second kappa shape index (κ2) is 21.4. The van der Waals surface area contributed by atoms with Crippen LogP contribution >= 0.6 is 0 Å². The number of carbonyl (C=O) groups excluding carboxylic acids is 1. The fourth-order valence-corrected chi connectivity index (χ4v) is 25.1. The Balaban J connectivity index is 0.000000101. The van der Waals surface area contributed by atoms with Gasteiger partial charge in [0.2, 0.25) is 0 Å². The van der Waals surface area contributed by atoms with Crippen LogP contribution in [0.4, 0.5) is 0 Å². The average molecular weight is 1260 g/mol. The number of aromatic nitrogens is 3. The molecular weight excluding hydrogens is 1170 g/mol. The van der Waals surface area contributed by atoms with Gasteiger partial charge >= 0.3 is 0 Å². The Bertz CT molecular complexity index is 4220. The molecule has 6 aliphatic heterocycles. The molecular formula is C86H97N5O4. The van der Waals surface area contributed by atoms with Gasteiger partial charge in [0.1, 0.15) is 5.78 Å². The summed E-state index contributed by atoms with van der Waals surface area (Å²) in [5, 5.41) is 14.7. The molecule has 6 aromatic rings. The molecule has 95 heavy (non-hydrogen) atoms. The average Bonchev–Trinajstić information content (AvgIpc) is 1.56. The monoisotopic (exact) mass is 1260 g/mol. The largest absolute Gasteiger partial charge is 0.359 e. The number of hydrogen-bond donors (Lipinski definition) is 2. The van der Waals surface area contributed by atoms with E-state index in [1.165, 1.54) is 174 Å². The summed E-state index contributed by atoms with van der Waals surface area (Å²) in [6.07, 6.45) is 54.1. The minimum Gasteiger partial charge on any atom is -0.359 e. The quantitative estimate of drug-likeness (QED) is 0.174. The van der Waals surface area contributed by atoms with Crippen molar-refractivity contribution in [3.63, 3.8) is 0 Å². The van der Waals surface area contributed by atoms with Crippen molar-refractivity contribution in [2.75, 3.05) is 14.1 Å². The van der Waals surface area contributed by atoms with Crippen LogP contribution < -0.4 is 10.6 Å². The lowest BCUT2D eigenvalue weighted by atomic mass is 9.58. The molecule has 3 aromatic carbocycles. The first-order chi connectivity index (χ1) is 46.1. The SMILES string of the molecule is CN[C@@H]1CCC2=CC3=CC[C@]4(C)C(c5ccc6ccncc6c5)CC[C@H]4C34CC[C@]2(C1)O4.CN[C@H]1CCC2=CC3=CC[C@]4(C)C(c5ccc6ccncc6c5)CC[C@H]4C34CC[C@]2(C1)O4.C[C@]12CC=C3C=C4CCC(=O)C[C@]45CCC3(O5)[C@@H]1CCC2c1ccc2ccncc2c1. The Morgan fingerprint density at radius 1 is 0.411 bits per heavy atom. The number of nitrogens with one attached hydrogen (secondary N) is 2. The Hall–Kier alpha value is -6.20. The summed E-state index contributed by atoms with van der Waals surface area (Å²) in [6.45, 7) is 7.63. The van der Waals surface area contributed by atoms with E-state index in [-0.39, 0.29) is 49.9 Å². The number of pyridine rings is 3. The van der Waals surface area contributed by atoms with Gasteiger partial charge in [0.25, 0.3) is 0 Å². The lowest BCUT2D eigenvalue weighted by Gasteiger charge is -2.54. The van der Waals surface area contributed by atoms with E-state index in [0.29, 0.717) is 66.2 Å². The van der Waals surface area contributed by atoms with Gasteiger partial charge in [0.05, 0.1) is 33.6 Å². The van der Waals surface area contributed by atoms with E-state index < -0.39 is 0 Å². The van der Waals surface area contributed by atoms with E-state index in [0.717, 1.165) is 38.5 Å². The maximum Gasteiger partial charge on any atom is 0.136 e. The van der Waals surface area contributed by atoms with Gasteiger partial charge in [-0.05, 0) is 310 Å². The molecule has 6 saturated carbocycles. The zero-order chi connectivity index (χ0) is 64.0.